The zero-order valence-corrected chi connectivity index (χ0v) is 17.7. The first-order valence-corrected chi connectivity index (χ1v) is 10.2. The summed E-state index contributed by atoms with van der Waals surface area (Å²) in [6.45, 7) is 5.30. The average Bonchev–Trinajstić information content (AvgIpc) is 2.77. The second-order valence-electron chi connectivity index (χ2n) is 7.05. The molecule has 158 valence electrons. The maximum Gasteiger partial charge on any atom is 0.322 e. The molecule has 0 aliphatic heterocycles. The minimum absolute atomic E-state index is 0.0924. The highest BCUT2D eigenvalue weighted by Crippen LogP contribution is 2.22. The number of ether oxygens (including phenoxy) is 1. The topological polar surface area (TPSA) is 76.5 Å². The van der Waals surface area contributed by atoms with Gasteiger partial charge in [-0.05, 0) is 44.5 Å². The smallest absolute Gasteiger partial charge is 0.322 e. The number of amides is 2. The van der Waals surface area contributed by atoms with E-state index in [-0.39, 0.29) is 11.6 Å². The third-order valence-corrected chi connectivity index (χ3v) is 5.08. The Morgan fingerprint density at radius 2 is 1.87 bits per heavy atom. The lowest BCUT2D eigenvalue weighted by molar-refractivity contribution is 0.158. The maximum atomic E-state index is 13.1. The normalized spacial score (nSPS) is 12.0. The number of rotatable bonds is 8. The van der Waals surface area contributed by atoms with Crippen LogP contribution < -0.4 is 10.9 Å². The fourth-order valence-electron chi connectivity index (χ4n) is 3.52. The van der Waals surface area contributed by atoms with Gasteiger partial charge in [-0.1, -0.05) is 30.3 Å². The van der Waals surface area contributed by atoms with E-state index < -0.39 is 6.04 Å². The molecule has 2 amide bonds. The first-order chi connectivity index (χ1) is 14.6. The van der Waals surface area contributed by atoms with Gasteiger partial charge in [0, 0.05) is 32.5 Å². The molecule has 0 saturated carbocycles. The van der Waals surface area contributed by atoms with Gasteiger partial charge >= 0.3 is 6.03 Å². The molecule has 1 aromatic heterocycles. The van der Waals surface area contributed by atoms with Crippen molar-refractivity contribution in [2.75, 3.05) is 25.6 Å². The van der Waals surface area contributed by atoms with Gasteiger partial charge in [-0.25, -0.2) is 9.78 Å². The molecule has 7 nitrogen and oxygen atoms in total. The van der Waals surface area contributed by atoms with Crippen molar-refractivity contribution in [3.05, 3.63) is 70.8 Å². The molecule has 1 unspecified atom stereocenters. The number of urea groups is 1. The summed E-state index contributed by atoms with van der Waals surface area (Å²) in [5, 5.41) is 3.52. The van der Waals surface area contributed by atoms with E-state index in [2.05, 4.69) is 5.32 Å². The Kier molecular flexibility index (Phi) is 7.19. The van der Waals surface area contributed by atoms with Gasteiger partial charge in [0.25, 0.3) is 5.56 Å². The zero-order valence-electron chi connectivity index (χ0n) is 17.7. The summed E-state index contributed by atoms with van der Waals surface area (Å²) >= 11 is 0. The molecule has 1 atom stereocenters. The van der Waals surface area contributed by atoms with E-state index in [1.165, 1.54) is 0 Å². The Morgan fingerprint density at radius 3 is 2.57 bits per heavy atom. The predicted octanol–water partition coefficient (Wildman–Crippen LogP) is 4.05. The number of carbonyl (C=O) groups excluding carboxylic acids is 1. The van der Waals surface area contributed by atoms with Crippen LogP contribution in [-0.2, 0) is 11.3 Å². The summed E-state index contributed by atoms with van der Waals surface area (Å²) in [5.74, 6) is 0.571. The summed E-state index contributed by atoms with van der Waals surface area (Å²) in [4.78, 5) is 32.6. The second-order valence-corrected chi connectivity index (χ2v) is 7.05. The number of nitrogens with one attached hydrogen (secondary N) is 1. The number of aromatic nitrogens is 2. The van der Waals surface area contributed by atoms with Crippen molar-refractivity contribution in [1.29, 1.82) is 0 Å². The lowest BCUT2D eigenvalue weighted by Gasteiger charge is -2.30. The molecule has 0 aliphatic rings. The van der Waals surface area contributed by atoms with Crippen LogP contribution in [0.5, 0.6) is 0 Å². The van der Waals surface area contributed by atoms with Gasteiger partial charge in [-0.2, -0.15) is 0 Å². The lowest BCUT2D eigenvalue weighted by atomic mass is 10.2. The summed E-state index contributed by atoms with van der Waals surface area (Å²) in [7, 11) is 1.64. The number of methoxy groups -OCH3 is 1. The van der Waals surface area contributed by atoms with Crippen LogP contribution in [0.25, 0.3) is 10.9 Å². The van der Waals surface area contributed by atoms with E-state index in [9.17, 15) is 9.59 Å². The van der Waals surface area contributed by atoms with Gasteiger partial charge in [0.1, 0.15) is 5.82 Å². The van der Waals surface area contributed by atoms with Crippen LogP contribution in [0.3, 0.4) is 0 Å². The second kappa shape index (κ2) is 10.0. The number of hydrogen-bond donors (Lipinski definition) is 1. The van der Waals surface area contributed by atoms with Gasteiger partial charge < -0.3 is 15.0 Å². The van der Waals surface area contributed by atoms with Gasteiger partial charge in [0.2, 0.25) is 0 Å². The lowest BCUT2D eigenvalue weighted by Crippen LogP contribution is -2.41. The van der Waals surface area contributed by atoms with Crippen molar-refractivity contribution in [2.24, 2.45) is 0 Å². The van der Waals surface area contributed by atoms with Crippen LogP contribution in [0, 0.1) is 0 Å². The van der Waals surface area contributed by atoms with Crippen molar-refractivity contribution in [3.63, 3.8) is 0 Å². The van der Waals surface area contributed by atoms with Crippen LogP contribution in [0.1, 0.15) is 32.1 Å². The van der Waals surface area contributed by atoms with Crippen LogP contribution in [0.4, 0.5) is 10.5 Å². The van der Waals surface area contributed by atoms with Gasteiger partial charge in [-0.3, -0.25) is 9.36 Å². The van der Waals surface area contributed by atoms with Crippen LogP contribution >= 0.6 is 0 Å². The molecule has 7 heteroatoms. The molecule has 0 spiro atoms. The molecule has 0 radical (unpaired) electrons. The molecule has 1 heterocycles. The Balaban J connectivity index is 1.98. The van der Waals surface area contributed by atoms with Gasteiger partial charge in [0.15, 0.2) is 0 Å². The Labute approximate surface area is 176 Å². The number of carbonyl (C=O) groups is 1. The van der Waals surface area contributed by atoms with E-state index in [0.29, 0.717) is 48.5 Å². The Hall–Kier alpha value is -3.19. The van der Waals surface area contributed by atoms with Gasteiger partial charge in [-0.15, -0.1) is 0 Å². The average molecular weight is 409 g/mol. The number of nitrogens with zero attached hydrogens (tertiary/aromatic N) is 3. The largest absolute Gasteiger partial charge is 0.385 e. The molecule has 30 heavy (non-hydrogen) atoms. The van der Waals surface area contributed by atoms with Crippen molar-refractivity contribution < 1.29 is 9.53 Å². The summed E-state index contributed by atoms with van der Waals surface area (Å²) in [6, 6.07) is 16.0. The molecule has 0 saturated heterocycles. The van der Waals surface area contributed by atoms with E-state index >= 15 is 0 Å². The highest BCUT2D eigenvalue weighted by Gasteiger charge is 2.26. The summed E-state index contributed by atoms with van der Waals surface area (Å²) in [5.41, 5.74) is 1.26. The number of para-hydroxylation sites is 2. The summed E-state index contributed by atoms with van der Waals surface area (Å²) < 4.78 is 6.81. The predicted molar refractivity (Wildman–Crippen MR) is 119 cm³/mol. The maximum absolute atomic E-state index is 13.1. The monoisotopic (exact) mass is 408 g/mol. The third-order valence-electron chi connectivity index (χ3n) is 5.08. The highest BCUT2D eigenvalue weighted by molar-refractivity contribution is 5.89. The first-order valence-electron chi connectivity index (χ1n) is 10.2. The van der Waals surface area contributed by atoms with E-state index in [1.807, 2.05) is 62.4 Å². The Morgan fingerprint density at radius 1 is 1.17 bits per heavy atom. The molecule has 0 aliphatic carbocycles. The molecular formula is C23H28N4O3. The van der Waals surface area contributed by atoms with E-state index in [0.717, 1.165) is 0 Å². The Bertz CT molecular complexity index is 1050. The number of fused-ring (bicyclic) bond motifs is 1. The minimum Gasteiger partial charge on any atom is -0.385 e. The number of anilines is 1. The molecule has 1 N–H and O–H groups in total. The summed E-state index contributed by atoms with van der Waals surface area (Å²) in [6.07, 6.45) is 0.674. The van der Waals surface area contributed by atoms with Crippen molar-refractivity contribution in [3.8, 4) is 0 Å². The highest BCUT2D eigenvalue weighted by atomic mass is 16.5. The molecule has 0 bridgehead atoms. The van der Waals surface area contributed by atoms with Crippen molar-refractivity contribution in [2.45, 2.75) is 32.9 Å². The molecule has 3 rings (SSSR count). The van der Waals surface area contributed by atoms with Crippen LogP contribution in [-0.4, -0.2) is 40.7 Å². The van der Waals surface area contributed by atoms with Crippen LogP contribution in [0.15, 0.2) is 59.4 Å². The SMILES string of the molecule is CCn1c(C(C)N(CCCOC)C(=O)Nc2ccccc2)nc2ccccc2c1=O. The number of hydrogen-bond acceptors (Lipinski definition) is 4. The van der Waals surface area contributed by atoms with Crippen molar-refractivity contribution >= 4 is 22.6 Å². The molecule has 0 fully saturated rings. The fraction of sp³-hybridized carbons (Fsp3) is 0.348. The molecular weight excluding hydrogens is 380 g/mol. The molecule has 2 aromatic carbocycles. The van der Waals surface area contributed by atoms with Crippen LogP contribution in [0.2, 0.25) is 0 Å². The standard InChI is InChI=1S/C23H28N4O3/c1-4-26-21(25-20-14-9-8-13-19(20)22(26)28)17(2)27(15-10-16-30-3)23(29)24-18-11-6-5-7-12-18/h5-9,11-14,17H,4,10,15-16H2,1-3H3,(H,24,29). The van der Waals surface area contributed by atoms with E-state index in [4.69, 9.17) is 9.72 Å². The first kappa shape index (κ1) is 21.5. The number of benzene rings is 2. The van der Waals surface area contributed by atoms with Gasteiger partial charge in [0.05, 0.1) is 16.9 Å². The van der Waals surface area contributed by atoms with E-state index in [1.54, 1.807) is 22.6 Å². The fourth-order valence-corrected chi connectivity index (χ4v) is 3.52. The van der Waals surface area contributed by atoms with Crippen molar-refractivity contribution in [1.82, 2.24) is 14.5 Å². The quantitative estimate of drug-likeness (QED) is 0.571. The molecule has 3 aromatic rings. The zero-order chi connectivity index (χ0) is 21.5. The minimum atomic E-state index is -0.400. The third kappa shape index (κ3) is 4.68.